The van der Waals surface area contributed by atoms with E-state index < -0.39 is 5.60 Å². The van der Waals surface area contributed by atoms with E-state index >= 15 is 0 Å². The van der Waals surface area contributed by atoms with Crippen LogP contribution in [0.5, 0.6) is 0 Å². The van der Waals surface area contributed by atoms with Crippen LogP contribution in [-0.2, 0) is 16.8 Å². The topological polar surface area (TPSA) is 50.2 Å². The number of nitrogens with zero attached hydrogens (tertiary/aromatic N) is 1. The van der Waals surface area contributed by atoms with Gasteiger partial charge in [-0.3, -0.25) is 9.78 Å². The first-order valence-corrected chi connectivity index (χ1v) is 6.34. The van der Waals surface area contributed by atoms with E-state index in [9.17, 15) is 9.90 Å². The quantitative estimate of drug-likeness (QED) is 0.882. The molecule has 0 saturated heterocycles. The lowest BCUT2D eigenvalue weighted by Crippen LogP contribution is -2.30. The third kappa shape index (κ3) is 3.13. The fourth-order valence-corrected chi connectivity index (χ4v) is 2.26. The van der Waals surface area contributed by atoms with Crippen molar-refractivity contribution in [1.82, 2.24) is 4.98 Å². The van der Waals surface area contributed by atoms with E-state index in [2.05, 4.69) is 4.98 Å². The molecule has 0 bridgehead atoms. The maximum Gasteiger partial charge on any atom is 0.156 e. The summed E-state index contributed by atoms with van der Waals surface area (Å²) in [5.41, 5.74) is -0.577. The molecule has 1 unspecified atom stereocenters. The zero-order valence-electron chi connectivity index (χ0n) is 9.88. The maximum absolute atomic E-state index is 11.3. The maximum atomic E-state index is 11.3. The number of rotatable bonds is 4. The van der Waals surface area contributed by atoms with Crippen LogP contribution in [-0.4, -0.2) is 16.4 Å². The Morgan fingerprint density at radius 2 is 2.11 bits per heavy atom. The molecule has 0 aliphatic carbocycles. The summed E-state index contributed by atoms with van der Waals surface area (Å²) >= 11 is 11.9. The minimum absolute atomic E-state index is 0.0677. The highest BCUT2D eigenvalue weighted by molar-refractivity contribution is 6.35. The highest BCUT2D eigenvalue weighted by Crippen LogP contribution is 2.28. The van der Waals surface area contributed by atoms with Crippen LogP contribution in [0, 0.1) is 0 Å². The van der Waals surface area contributed by atoms with Crippen molar-refractivity contribution in [2.24, 2.45) is 0 Å². The highest BCUT2D eigenvalue weighted by atomic mass is 35.5. The van der Waals surface area contributed by atoms with Crippen molar-refractivity contribution >= 4 is 29.5 Å². The Hall–Kier alpha value is -1.42. The molecule has 2 rings (SSSR count). The van der Waals surface area contributed by atoms with Gasteiger partial charge in [-0.15, -0.1) is 0 Å². The van der Waals surface area contributed by atoms with Gasteiger partial charge in [-0.2, -0.15) is 0 Å². The number of carbonyl (C=O) groups is 1. The molecule has 0 radical (unpaired) electrons. The van der Waals surface area contributed by atoms with Crippen molar-refractivity contribution in [3.8, 4) is 0 Å². The summed E-state index contributed by atoms with van der Waals surface area (Å²) in [5.74, 6) is 0. The SMILES string of the molecule is O=CC(O)(Cc1ccc(Cl)cc1Cl)c1cccnc1. The minimum atomic E-state index is -1.65. The molecule has 5 heteroatoms. The summed E-state index contributed by atoms with van der Waals surface area (Å²) < 4.78 is 0. The Balaban J connectivity index is 2.36. The molecule has 1 aromatic carbocycles. The number of halogens is 2. The highest BCUT2D eigenvalue weighted by Gasteiger charge is 2.30. The molecular weight excluding hydrogens is 285 g/mol. The van der Waals surface area contributed by atoms with Crippen molar-refractivity contribution in [2.75, 3.05) is 0 Å². The predicted molar refractivity (Wildman–Crippen MR) is 74.4 cm³/mol. The molecule has 0 saturated carbocycles. The smallest absolute Gasteiger partial charge is 0.156 e. The van der Waals surface area contributed by atoms with Gasteiger partial charge >= 0.3 is 0 Å². The first-order valence-electron chi connectivity index (χ1n) is 5.58. The van der Waals surface area contributed by atoms with Crippen LogP contribution in [0.4, 0.5) is 0 Å². The summed E-state index contributed by atoms with van der Waals surface area (Å²) in [7, 11) is 0. The Kier molecular flexibility index (Phi) is 4.20. The van der Waals surface area contributed by atoms with Gasteiger partial charge in [-0.25, -0.2) is 0 Å². The van der Waals surface area contributed by atoms with Gasteiger partial charge < -0.3 is 5.11 Å². The Morgan fingerprint density at radius 3 is 2.68 bits per heavy atom. The molecule has 1 atom stereocenters. The summed E-state index contributed by atoms with van der Waals surface area (Å²) in [5, 5.41) is 11.4. The monoisotopic (exact) mass is 295 g/mol. The molecular formula is C14H11Cl2NO2. The number of aromatic nitrogens is 1. The van der Waals surface area contributed by atoms with Crippen molar-refractivity contribution < 1.29 is 9.90 Å². The number of benzene rings is 1. The molecule has 98 valence electrons. The van der Waals surface area contributed by atoms with Crippen molar-refractivity contribution in [3.05, 3.63) is 63.9 Å². The van der Waals surface area contributed by atoms with Gasteiger partial charge in [0.1, 0.15) is 0 Å². The summed E-state index contributed by atoms with van der Waals surface area (Å²) in [6.45, 7) is 0. The van der Waals surface area contributed by atoms with Crippen molar-refractivity contribution in [2.45, 2.75) is 12.0 Å². The van der Waals surface area contributed by atoms with Crippen LogP contribution in [0.15, 0.2) is 42.7 Å². The van der Waals surface area contributed by atoms with Crippen LogP contribution < -0.4 is 0 Å². The lowest BCUT2D eigenvalue weighted by atomic mass is 9.89. The summed E-state index contributed by atoms with van der Waals surface area (Å²) in [6.07, 6.45) is 3.59. The Bertz CT molecular complexity index is 589. The second kappa shape index (κ2) is 5.70. The van der Waals surface area contributed by atoms with Gasteiger partial charge in [0, 0.05) is 34.4 Å². The van der Waals surface area contributed by atoms with Gasteiger partial charge in [0.15, 0.2) is 11.9 Å². The standard InChI is InChI=1S/C14H11Cl2NO2/c15-12-4-3-10(13(16)6-12)7-14(19,9-18)11-2-1-5-17-8-11/h1-6,8-9,19H,7H2. The molecule has 3 nitrogen and oxygen atoms in total. The first-order chi connectivity index (χ1) is 9.05. The van der Waals surface area contributed by atoms with Gasteiger partial charge in [0.25, 0.3) is 0 Å². The van der Waals surface area contributed by atoms with Gasteiger partial charge in [-0.1, -0.05) is 35.3 Å². The second-order valence-corrected chi connectivity index (χ2v) is 5.04. The van der Waals surface area contributed by atoms with E-state index in [-0.39, 0.29) is 6.42 Å². The molecule has 1 heterocycles. The average Bonchev–Trinajstić information content (AvgIpc) is 2.43. The fraction of sp³-hybridized carbons (Fsp3) is 0.143. The van der Waals surface area contributed by atoms with E-state index in [1.807, 2.05) is 0 Å². The van der Waals surface area contributed by atoms with E-state index in [0.29, 0.717) is 27.5 Å². The summed E-state index contributed by atoms with van der Waals surface area (Å²) in [4.78, 5) is 15.2. The van der Waals surface area contributed by atoms with Crippen molar-refractivity contribution in [1.29, 1.82) is 0 Å². The molecule has 2 aromatic rings. The Labute approximate surface area is 120 Å². The first kappa shape index (κ1) is 14.0. The van der Waals surface area contributed by atoms with Gasteiger partial charge in [-0.05, 0) is 23.8 Å². The Morgan fingerprint density at radius 1 is 1.32 bits per heavy atom. The molecule has 0 aliphatic rings. The van der Waals surface area contributed by atoms with Crippen molar-refractivity contribution in [3.63, 3.8) is 0 Å². The van der Waals surface area contributed by atoms with Crippen LogP contribution >= 0.6 is 23.2 Å². The molecule has 0 amide bonds. The molecule has 1 N–H and O–H groups in total. The molecule has 1 aromatic heterocycles. The zero-order chi connectivity index (χ0) is 13.9. The minimum Gasteiger partial charge on any atom is -0.377 e. The molecule has 0 aliphatic heterocycles. The van der Waals surface area contributed by atoms with Gasteiger partial charge in [0.2, 0.25) is 0 Å². The lowest BCUT2D eigenvalue weighted by Gasteiger charge is -2.22. The number of pyridine rings is 1. The zero-order valence-corrected chi connectivity index (χ0v) is 11.4. The van der Waals surface area contributed by atoms with Gasteiger partial charge in [0.05, 0.1) is 0 Å². The fourth-order valence-electron chi connectivity index (χ4n) is 1.79. The predicted octanol–water partition coefficient (Wildman–Crippen LogP) is 3.02. The second-order valence-electron chi connectivity index (χ2n) is 4.20. The normalized spacial score (nSPS) is 13.8. The van der Waals surface area contributed by atoms with Crippen LogP contribution in [0.2, 0.25) is 10.0 Å². The lowest BCUT2D eigenvalue weighted by molar-refractivity contribution is -0.124. The number of hydrogen-bond donors (Lipinski definition) is 1. The summed E-state index contributed by atoms with van der Waals surface area (Å²) in [6, 6.07) is 8.23. The van der Waals surface area contributed by atoms with Crippen LogP contribution in [0.3, 0.4) is 0 Å². The van der Waals surface area contributed by atoms with E-state index in [4.69, 9.17) is 23.2 Å². The average molecular weight is 296 g/mol. The van der Waals surface area contributed by atoms with Crippen LogP contribution in [0.25, 0.3) is 0 Å². The van der Waals surface area contributed by atoms with E-state index in [0.717, 1.165) is 0 Å². The number of hydrogen-bond acceptors (Lipinski definition) is 3. The van der Waals surface area contributed by atoms with E-state index in [1.54, 1.807) is 36.5 Å². The number of carbonyl (C=O) groups excluding carboxylic acids is 1. The van der Waals surface area contributed by atoms with Crippen LogP contribution in [0.1, 0.15) is 11.1 Å². The number of aliphatic hydroxyl groups is 1. The third-order valence-corrected chi connectivity index (χ3v) is 3.42. The third-order valence-electron chi connectivity index (χ3n) is 2.83. The molecule has 0 spiro atoms. The largest absolute Gasteiger partial charge is 0.377 e. The molecule has 0 fully saturated rings. The molecule has 19 heavy (non-hydrogen) atoms. The number of aldehydes is 1. The van der Waals surface area contributed by atoms with E-state index in [1.165, 1.54) is 6.20 Å².